The second kappa shape index (κ2) is 10.2. The first-order valence-corrected chi connectivity index (χ1v) is 11.9. The number of amides is 1. The van der Waals surface area contributed by atoms with Crippen LogP contribution in [0.3, 0.4) is 0 Å². The predicted octanol–water partition coefficient (Wildman–Crippen LogP) is 5.10. The van der Waals surface area contributed by atoms with Gasteiger partial charge in [0.1, 0.15) is 5.56 Å². The van der Waals surface area contributed by atoms with Gasteiger partial charge in [-0.3, -0.25) is 19.5 Å². The van der Waals surface area contributed by atoms with Crippen molar-refractivity contribution in [2.45, 2.75) is 39.0 Å². The number of likely N-dealkylation sites (N-methyl/N-ethyl adjacent to an activating group) is 1. The summed E-state index contributed by atoms with van der Waals surface area (Å²) >= 11 is 6.13. The molecule has 1 aliphatic rings. The summed E-state index contributed by atoms with van der Waals surface area (Å²) in [6.07, 6.45) is 4.97. The zero-order valence-corrected chi connectivity index (χ0v) is 19.5. The Balaban J connectivity index is 1.71. The molecule has 0 unspecified atom stereocenters. The van der Waals surface area contributed by atoms with Crippen LogP contribution in [-0.2, 0) is 4.79 Å². The lowest BCUT2D eigenvalue weighted by molar-refractivity contribution is -0.135. The molecule has 172 valence electrons. The molecule has 1 amide bonds. The Morgan fingerprint density at radius 3 is 2.45 bits per heavy atom. The van der Waals surface area contributed by atoms with Crippen molar-refractivity contribution in [3.63, 3.8) is 0 Å². The van der Waals surface area contributed by atoms with Crippen LogP contribution in [0.4, 0.5) is 0 Å². The molecular weight excluding hydrogens is 438 g/mol. The Bertz CT molecular complexity index is 1190. The molecule has 1 aromatic heterocycles. The van der Waals surface area contributed by atoms with E-state index in [-0.39, 0.29) is 29.7 Å². The van der Waals surface area contributed by atoms with Crippen molar-refractivity contribution in [2.24, 2.45) is 5.92 Å². The molecule has 33 heavy (non-hydrogen) atoms. The number of aromatic nitrogens is 2. The smallest absolute Gasteiger partial charge is 0.282 e. The highest BCUT2D eigenvalue weighted by atomic mass is 35.5. The maximum atomic E-state index is 13.5. The molecule has 4 rings (SSSR count). The number of hydrogen-bond acceptors (Lipinski definition) is 3. The Morgan fingerprint density at radius 2 is 1.79 bits per heavy atom. The number of halogens is 1. The molecule has 1 fully saturated rings. The highest BCUT2D eigenvalue weighted by molar-refractivity contribution is 6.30. The second-order valence-corrected chi connectivity index (χ2v) is 8.90. The van der Waals surface area contributed by atoms with Crippen molar-refractivity contribution in [1.29, 1.82) is 0 Å². The lowest BCUT2D eigenvalue weighted by atomic mass is 9.88. The average molecular weight is 466 g/mol. The second-order valence-electron chi connectivity index (χ2n) is 8.46. The van der Waals surface area contributed by atoms with E-state index in [4.69, 9.17) is 11.6 Å². The number of rotatable bonds is 7. The number of benzene rings is 2. The monoisotopic (exact) mass is 465 g/mol. The summed E-state index contributed by atoms with van der Waals surface area (Å²) in [4.78, 5) is 41.6. The van der Waals surface area contributed by atoms with E-state index in [1.54, 1.807) is 29.2 Å². The number of carbonyl (C=O) groups excluding carboxylic acids is 2. The summed E-state index contributed by atoms with van der Waals surface area (Å²) in [6.45, 7) is 2.18. The van der Waals surface area contributed by atoms with Crippen LogP contribution in [-0.4, -0.2) is 39.5 Å². The quantitative estimate of drug-likeness (QED) is 0.493. The fraction of sp³-hybridized carbons (Fsp3) is 0.346. The van der Waals surface area contributed by atoms with Crippen molar-refractivity contribution < 1.29 is 9.59 Å². The summed E-state index contributed by atoms with van der Waals surface area (Å²) in [5.41, 5.74) is 1.29. The van der Waals surface area contributed by atoms with Crippen molar-refractivity contribution in [2.75, 3.05) is 13.1 Å². The molecule has 1 N–H and O–H groups in total. The van der Waals surface area contributed by atoms with Gasteiger partial charge in [-0.05, 0) is 38.0 Å². The minimum absolute atomic E-state index is 0.0116. The van der Waals surface area contributed by atoms with Crippen LogP contribution in [0.15, 0.2) is 59.4 Å². The maximum absolute atomic E-state index is 13.5. The highest BCUT2D eigenvalue weighted by Gasteiger charge is 2.29. The Kier molecular flexibility index (Phi) is 7.14. The fourth-order valence-corrected chi connectivity index (χ4v) is 4.70. The molecule has 1 aliphatic carbocycles. The van der Waals surface area contributed by atoms with Crippen LogP contribution in [0.25, 0.3) is 16.9 Å². The van der Waals surface area contributed by atoms with E-state index in [1.165, 1.54) is 4.68 Å². The molecule has 0 radical (unpaired) electrons. The van der Waals surface area contributed by atoms with Crippen LogP contribution < -0.4 is 5.56 Å². The van der Waals surface area contributed by atoms with Gasteiger partial charge in [0.05, 0.1) is 17.9 Å². The molecular formula is C26H28ClN3O3. The largest absolute Gasteiger partial charge is 0.335 e. The first kappa shape index (κ1) is 23.1. The zero-order valence-electron chi connectivity index (χ0n) is 18.7. The van der Waals surface area contributed by atoms with Gasteiger partial charge in [0.15, 0.2) is 5.78 Å². The van der Waals surface area contributed by atoms with Crippen LogP contribution >= 0.6 is 11.6 Å². The van der Waals surface area contributed by atoms with E-state index in [0.717, 1.165) is 37.7 Å². The molecule has 6 nitrogen and oxygen atoms in total. The van der Waals surface area contributed by atoms with E-state index in [2.05, 4.69) is 5.10 Å². The number of nitrogens with zero attached hydrogens (tertiary/aromatic N) is 2. The number of nitrogens with one attached hydrogen (secondary N) is 1. The highest BCUT2D eigenvalue weighted by Crippen LogP contribution is 2.26. The van der Waals surface area contributed by atoms with Gasteiger partial charge in [-0.25, -0.2) is 4.68 Å². The zero-order chi connectivity index (χ0) is 23.4. The molecule has 0 saturated heterocycles. The van der Waals surface area contributed by atoms with Gasteiger partial charge >= 0.3 is 0 Å². The van der Waals surface area contributed by atoms with E-state index in [0.29, 0.717) is 22.9 Å². The van der Waals surface area contributed by atoms with Crippen molar-refractivity contribution in [1.82, 2.24) is 14.7 Å². The Morgan fingerprint density at radius 1 is 1.06 bits per heavy atom. The summed E-state index contributed by atoms with van der Waals surface area (Å²) in [5.74, 6) is -0.395. The van der Waals surface area contributed by atoms with Crippen molar-refractivity contribution >= 4 is 23.3 Å². The molecule has 1 saturated carbocycles. The van der Waals surface area contributed by atoms with Gasteiger partial charge in [0.2, 0.25) is 5.91 Å². The number of carbonyl (C=O) groups is 2. The van der Waals surface area contributed by atoms with E-state index in [1.807, 2.05) is 37.3 Å². The van der Waals surface area contributed by atoms with Gasteiger partial charge in [-0.1, -0.05) is 67.3 Å². The summed E-state index contributed by atoms with van der Waals surface area (Å²) in [7, 11) is 0. The van der Waals surface area contributed by atoms with Gasteiger partial charge in [0.25, 0.3) is 5.56 Å². The van der Waals surface area contributed by atoms with Crippen molar-refractivity contribution in [3.8, 4) is 16.9 Å². The molecule has 1 heterocycles. The minimum atomic E-state index is -0.456. The van der Waals surface area contributed by atoms with Crippen molar-refractivity contribution in [3.05, 3.63) is 75.5 Å². The lowest BCUT2D eigenvalue weighted by Crippen LogP contribution is -2.41. The Labute approximate surface area is 198 Å². The van der Waals surface area contributed by atoms with Gasteiger partial charge < -0.3 is 4.90 Å². The molecule has 7 heteroatoms. The SMILES string of the molecule is CCN(CC(=O)c1c(-c2ccccc2)[nH]n(-c2cccc(Cl)c2)c1=O)C(=O)C1CCCCC1. The summed E-state index contributed by atoms with van der Waals surface area (Å²) in [5, 5.41) is 3.58. The van der Waals surface area contributed by atoms with Crippen LogP contribution in [0.1, 0.15) is 49.4 Å². The molecule has 3 aromatic rings. The predicted molar refractivity (Wildman–Crippen MR) is 130 cm³/mol. The topological polar surface area (TPSA) is 75.2 Å². The molecule has 0 aliphatic heterocycles. The number of hydrogen-bond donors (Lipinski definition) is 1. The number of aromatic amines is 1. The normalized spacial score (nSPS) is 14.2. The number of Topliss-reactive ketones (excluding diaryl/α,β-unsaturated/α-hetero) is 1. The van der Waals surface area contributed by atoms with Gasteiger partial charge in [-0.15, -0.1) is 0 Å². The minimum Gasteiger partial charge on any atom is -0.335 e. The van der Waals surface area contributed by atoms with E-state index in [9.17, 15) is 14.4 Å². The fourth-order valence-electron chi connectivity index (χ4n) is 4.51. The molecule has 2 aromatic carbocycles. The first-order valence-electron chi connectivity index (χ1n) is 11.5. The Hall–Kier alpha value is -3.12. The van der Waals surface area contributed by atoms with E-state index < -0.39 is 5.56 Å². The summed E-state index contributed by atoms with van der Waals surface area (Å²) in [6, 6.07) is 16.1. The third kappa shape index (κ3) is 4.96. The molecule has 0 atom stereocenters. The standard InChI is InChI=1S/C26H28ClN3O3/c1-2-29(25(32)19-12-7-4-8-13-19)17-22(31)23-24(18-10-5-3-6-11-18)28-30(26(23)33)21-15-9-14-20(27)16-21/h3,5-6,9-11,14-16,19,28H,2,4,7-8,12-13,17H2,1H3. The molecule has 0 spiro atoms. The maximum Gasteiger partial charge on any atom is 0.282 e. The first-order chi connectivity index (χ1) is 16.0. The average Bonchev–Trinajstić information content (AvgIpc) is 3.20. The van der Waals surface area contributed by atoms with Gasteiger partial charge in [0, 0.05) is 23.0 Å². The lowest BCUT2D eigenvalue weighted by Gasteiger charge is -2.28. The third-order valence-corrected chi connectivity index (χ3v) is 6.52. The van der Waals surface area contributed by atoms with Crippen LogP contribution in [0.5, 0.6) is 0 Å². The number of ketones is 1. The third-order valence-electron chi connectivity index (χ3n) is 6.28. The number of H-pyrrole nitrogens is 1. The van der Waals surface area contributed by atoms with Crippen LogP contribution in [0, 0.1) is 5.92 Å². The van der Waals surface area contributed by atoms with E-state index >= 15 is 0 Å². The molecule has 0 bridgehead atoms. The summed E-state index contributed by atoms with van der Waals surface area (Å²) < 4.78 is 1.33. The van der Waals surface area contributed by atoms with Gasteiger partial charge in [-0.2, -0.15) is 0 Å². The van der Waals surface area contributed by atoms with Crippen LogP contribution in [0.2, 0.25) is 5.02 Å².